The lowest BCUT2D eigenvalue weighted by atomic mass is 10.1. The molecule has 1 nitrogen and oxygen atoms in total. The first-order valence-corrected chi connectivity index (χ1v) is 4.94. The zero-order valence-corrected chi connectivity index (χ0v) is 8.43. The van der Waals surface area contributed by atoms with Crippen LogP contribution in [0.2, 0.25) is 5.02 Å². The minimum absolute atomic E-state index is 0.446. The van der Waals surface area contributed by atoms with Crippen LogP contribution in [0.5, 0.6) is 0 Å². The highest BCUT2D eigenvalue weighted by Crippen LogP contribution is 2.39. The van der Waals surface area contributed by atoms with Crippen molar-refractivity contribution >= 4 is 11.6 Å². The molecule has 1 aliphatic rings. The van der Waals surface area contributed by atoms with Gasteiger partial charge in [0.2, 0.25) is 0 Å². The molecule has 0 radical (unpaired) electrons. The van der Waals surface area contributed by atoms with Crippen molar-refractivity contribution in [2.45, 2.75) is 31.8 Å². The molecule has 0 unspecified atom stereocenters. The molecule has 1 aromatic carbocycles. The molecule has 0 atom stereocenters. The van der Waals surface area contributed by atoms with E-state index in [1.807, 2.05) is 25.1 Å². The van der Waals surface area contributed by atoms with E-state index in [9.17, 15) is 5.11 Å². The zero-order valence-electron chi connectivity index (χ0n) is 7.68. The molecule has 0 heterocycles. The van der Waals surface area contributed by atoms with Gasteiger partial charge in [-0.05, 0) is 37.0 Å². The van der Waals surface area contributed by atoms with Gasteiger partial charge in [0.1, 0.15) is 0 Å². The van der Waals surface area contributed by atoms with Gasteiger partial charge < -0.3 is 5.11 Å². The highest BCUT2D eigenvalue weighted by atomic mass is 35.5. The molecule has 0 amide bonds. The van der Waals surface area contributed by atoms with Gasteiger partial charge in [-0.25, -0.2) is 0 Å². The normalized spacial score (nSPS) is 18.7. The van der Waals surface area contributed by atoms with Crippen LogP contribution < -0.4 is 0 Å². The van der Waals surface area contributed by atoms with Gasteiger partial charge >= 0.3 is 0 Å². The maximum Gasteiger partial charge on any atom is 0.0690 e. The quantitative estimate of drug-likeness (QED) is 0.771. The summed E-state index contributed by atoms with van der Waals surface area (Å²) in [5, 5.41) is 10.5. The van der Waals surface area contributed by atoms with Gasteiger partial charge in [0.25, 0.3) is 0 Å². The third-order valence-electron chi connectivity index (χ3n) is 2.56. The minimum Gasteiger partial charge on any atom is -0.390 e. The molecule has 1 saturated carbocycles. The fourth-order valence-corrected chi connectivity index (χ4v) is 1.77. The monoisotopic (exact) mass is 196 g/mol. The van der Waals surface area contributed by atoms with Crippen LogP contribution in [0.1, 0.15) is 24.0 Å². The molecular weight excluding hydrogens is 184 g/mol. The van der Waals surface area contributed by atoms with E-state index < -0.39 is 5.60 Å². The van der Waals surface area contributed by atoms with Gasteiger partial charge in [-0.15, -0.1) is 0 Å². The molecule has 0 aliphatic heterocycles. The number of hydrogen-bond donors (Lipinski definition) is 1. The first-order chi connectivity index (χ1) is 6.09. The molecule has 0 spiro atoms. The van der Waals surface area contributed by atoms with Gasteiger partial charge in [0, 0.05) is 11.4 Å². The summed E-state index contributed by atoms with van der Waals surface area (Å²) in [6.45, 7) is 2.02. The maximum absolute atomic E-state index is 9.72. The maximum atomic E-state index is 9.72. The summed E-state index contributed by atoms with van der Waals surface area (Å²) in [5.74, 6) is 0. The molecule has 0 saturated heterocycles. The SMILES string of the molecule is Cc1ccc(CC2(O)CC2)c(Cl)c1. The van der Waals surface area contributed by atoms with Crippen molar-refractivity contribution < 1.29 is 5.11 Å². The first kappa shape index (κ1) is 9.04. The molecular formula is C11H13ClO. The minimum atomic E-state index is -0.446. The molecule has 0 bridgehead atoms. The predicted molar refractivity (Wildman–Crippen MR) is 54.1 cm³/mol. The van der Waals surface area contributed by atoms with Gasteiger partial charge in [0.05, 0.1) is 5.60 Å². The molecule has 70 valence electrons. The summed E-state index contributed by atoms with van der Waals surface area (Å²) in [7, 11) is 0. The van der Waals surface area contributed by atoms with Crippen molar-refractivity contribution in [3.8, 4) is 0 Å². The molecule has 0 aromatic heterocycles. The van der Waals surface area contributed by atoms with Crippen LogP contribution in [0, 0.1) is 6.92 Å². The molecule has 2 rings (SSSR count). The average Bonchev–Trinajstić information content (AvgIpc) is 2.75. The van der Waals surface area contributed by atoms with Crippen molar-refractivity contribution in [1.82, 2.24) is 0 Å². The second-order valence-corrected chi connectivity index (χ2v) is 4.40. The van der Waals surface area contributed by atoms with Crippen LogP contribution in [0.3, 0.4) is 0 Å². The average molecular weight is 197 g/mol. The van der Waals surface area contributed by atoms with Crippen molar-refractivity contribution in [2.24, 2.45) is 0 Å². The van der Waals surface area contributed by atoms with E-state index in [1.54, 1.807) is 0 Å². The lowest BCUT2D eigenvalue weighted by molar-refractivity contribution is 0.151. The van der Waals surface area contributed by atoms with Crippen LogP contribution in [0.15, 0.2) is 18.2 Å². The number of rotatable bonds is 2. The predicted octanol–water partition coefficient (Wildman–Crippen LogP) is 2.72. The molecule has 1 fully saturated rings. The highest BCUT2D eigenvalue weighted by Gasteiger charge is 2.40. The van der Waals surface area contributed by atoms with E-state index in [4.69, 9.17) is 11.6 Å². The summed E-state index contributed by atoms with van der Waals surface area (Å²) >= 11 is 6.05. The lowest BCUT2D eigenvalue weighted by Crippen LogP contribution is -2.10. The van der Waals surface area contributed by atoms with E-state index in [0.29, 0.717) is 6.42 Å². The van der Waals surface area contributed by atoms with Crippen LogP contribution in [-0.2, 0) is 6.42 Å². The Labute approximate surface area is 83.3 Å². The number of benzene rings is 1. The van der Waals surface area contributed by atoms with E-state index >= 15 is 0 Å². The Kier molecular flexibility index (Phi) is 2.09. The van der Waals surface area contributed by atoms with Crippen LogP contribution in [0.4, 0.5) is 0 Å². The molecule has 1 aromatic rings. The van der Waals surface area contributed by atoms with Crippen molar-refractivity contribution in [2.75, 3.05) is 0 Å². The van der Waals surface area contributed by atoms with Gasteiger partial charge in [-0.3, -0.25) is 0 Å². The van der Waals surface area contributed by atoms with Crippen LogP contribution >= 0.6 is 11.6 Å². The molecule has 1 N–H and O–H groups in total. The first-order valence-electron chi connectivity index (χ1n) is 4.56. The van der Waals surface area contributed by atoms with E-state index in [0.717, 1.165) is 29.0 Å². The van der Waals surface area contributed by atoms with Crippen LogP contribution in [-0.4, -0.2) is 10.7 Å². The number of aryl methyl sites for hydroxylation is 1. The largest absolute Gasteiger partial charge is 0.390 e. The Morgan fingerprint density at radius 3 is 2.69 bits per heavy atom. The second kappa shape index (κ2) is 3.00. The summed E-state index contributed by atoms with van der Waals surface area (Å²) in [6, 6.07) is 5.99. The Morgan fingerprint density at radius 1 is 1.46 bits per heavy atom. The molecule has 2 heteroatoms. The third kappa shape index (κ3) is 2.04. The highest BCUT2D eigenvalue weighted by molar-refractivity contribution is 6.31. The van der Waals surface area contributed by atoms with Gasteiger partial charge in [-0.2, -0.15) is 0 Å². The smallest absolute Gasteiger partial charge is 0.0690 e. The van der Waals surface area contributed by atoms with Crippen molar-refractivity contribution in [3.63, 3.8) is 0 Å². The van der Waals surface area contributed by atoms with E-state index in [1.165, 1.54) is 0 Å². The molecule has 13 heavy (non-hydrogen) atoms. The Balaban J connectivity index is 2.20. The lowest BCUT2D eigenvalue weighted by Gasteiger charge is -2.09. The molecule has 1 aliphatic carbocycles. The standard InChI is InChI=1S/C11H13ClO/c1-8-2-3-9(10(12)6-8)7-11(13)4-5-11/h2-3,6,13H,4-5,7H2,1H3. The Morgan fingerprint density at radius 2 is 2.15 bits per heavy atom. The summed E-state index contributed by atoms with van der Waals surface area (Å²) < 4.78 is 0. The number of hydrogen-bond acceptors (Lipinski definition) is 1. The van der Waals surface area contributed by atoms with Gasteiger partial charge in [-0.1, -0.05) is 23.7 Å². The fraction of sp³-hybridized carbons (Fsp3) is 0.455. The Hall–Kier alpha value is -0.530. The topological polar surface area (TPSA) is 20.2 Å². The third-order valence-corrected chi connectivity index (χ3v) is 2.91. The summed E-state index contributed by atoms with van der Waals surface area (Å²) in [4.78, 5) is 0. The van der Waals surface area contributed by atoms with E-state index in [-0.39, 0.29) is 0 Å². The second-order valence-electron chi connectivity index (χ2n) is 4.00. The number of halogens is 1. The van der Waals surface area contributed by atoms with Crippen LogP contribution in [0.25, 0.3) is 0 Å². The van der Waals surface area contributed by atoms with Gasteiger partial charge in [0.15, 0.2) is 0 Å². The summed E-state index contributed by atoms with van der Waals surface area (Å²) in [5.41, 5.74) is 1.78. The van der Waals surface area contributed by atoms with Crippen molar-refractivity contribution in [1.29, 1.82) is 0 Å². The van der Waals surface area contributed by atoms with E-state index in [2.05, 4.69) is 0 Å². The number of aliphatic hydroxyl groups is 1. The fourth-order valence-electron chi connectivity index (χ4n) is 1.47. The Bertz CT molecular complexity index is 329. The zero-order chi connectivity index (χ0) is 9.47. The summed E-state index contributed by atoms with van der Waals surface area (Å²) in [6.07, 6.45) is 2.53. The van der Waals surface area contributed by atoms with Crippen molar-refractivity contribution in [3.05, 3.63) is 34.3 Å².